The molecule has 1 amide bonds. The second-order valence-electron chi connectivity index (χ2n) is 3.17. The molecule has 15 heavy (non-hydrogen) atoms. The maximum absolute atomic E-state index is 11.3. The molecule has 0 fully saturated rings. The topological polar surface area (TPSA) is 52.9 Å². The molecule has 1 N–H and O–H groups in total. The summed E-state index contributed by atoms with van der Waals surface area (Å²) in [5, 5.41) is 11.1. The molecule has 3 nitrogen and oxygen atoms in total. The van der Waals surface area contributed by atoms with Crippen LogP contribution >= 0.6 is 15.9 Å². The summed E-state index contributed by atoms with van der Waals surface area (Å²) in [4.78, 5) is 11.3. The van der Waals surface area contributed by atoms with Crippen LogP contribution in [-0.4, -0.2) is 5.91 Å². The fourth-order valence-corrected chi connectivity index (χ4v) is 1.36. The number of anilines is 1. The van der Waals surface area contributed by atoms with E-state index in [2.05, 4.69) is 21.2 Å². The predicted molar refractivity (Wildman–Crippen MR) is 62.4 cm³/mol. The van der Waals surface area contributed by atoms with Crippen molar-refractivity contribution in [3.05, 3.63) is 28.2 Å². The maximum Gasteiger partial charge on any atom is 0.225 e. The highest BCUT2D eigenvalue weighted by Crippen LogP contribution is 2.20. The molecule has 0 unspecified atom stereocenters. The standard InChI is InChI=1S/C11H11BrN2O/c1-8-7-9(4-5-10(8)12)14-11(15)3-2-6-13/h4-5,7H,2-3H2,1H3,(H,14,15). The van der Waals surface area contributed by atoms with Gasteiger partial charge in [0, 0.05) is 23.0 Å². The number of hydrogen-bond acceptors (Lipinski definition) is 2. The van der Waals surface area contributed by atoms with Crippen LogP contribution in [0.1, 0.15) is 18.4 Å². The normalized spacial score (nSPS) is 9.40. The molecule has 1 rings (SSSR count). The predicted octanol–water partition coefficient (Wildman–Crippen LogP) is 3.00. The van der Waals surface area contributed by atoms with Crippen molar-refractivity contribution in [2.75, 3.05) is 5.32 Å². The molecule has 1 aromatic rings. The first-order valence-corrected chi connectivity index (χ1v) is 5.35. The highest BCUT2D eigenvalue weighted by atomic mass is 79.9. The highest BCUT2D eigenvalue weighted by molar-refractivity contribution is 9.10. The van der Waals surface area contributed by atoms with E-state index in [1.54, 1.807) is 0 Å². The van der Waals surface area contributed by atoms with Gasteiger partial charge in [-0.3, -0.25) is 4.79 Å². The molecule has 0 aromatic heterocycles. The Bertz CT molecular complexity index is 410. The summed E-state index contributed by atoms with van der Waals surface area (Å²) in [6, 6.07) is 7.52. The van der Waals surface area contributed by atoms with Gasteiger partial charge in [-0.2, -0.15) is 5.26 Å². The van der Waals surface area contributed by atoms with Gasteiger partial charge in [-0.15, -0.1) is 0 Å². The van der Waals surface area contributed by atoms with E-state index in [0.717, 1.165) is 15.7 Å². The van der Waals surface area contributed by atoms with Crippen LogP contribution in [-0.2, 0) is 4.79 Å². The van der Waals surface area contributed by atoms with Crippen LogP contribution in [0.2, 0.25) is 0 Å². The van der Waals surface area contributed by atoms with Crippen LogP contribution in [0.3, 0.4) is 0 Å². The molecule has 0 aliphatic carbocycles. The molecule has 0 saturated heterocycles. The molecular formula is C11H11BrN2O. The lowest BCUT2D eigenvalue weighted by atomic mass is 10.2. The SMILES string of the molecule is Cc1cc(NC(=O)CCC#N)ccc1Br. The third kappa shape index (κ3) is 3.72. The summed E-state index contributed by atoms with van der Waals surface area (Å²) in [7, 11) is 0. The Balaban J connectivity index is 2.62. The van der Waals surface area contributed by atoms with Crippen LogP contribution in [0.5, 0.6) is 0 Å². The Labute approximate surface area is 97.2 Å². The Morgan fingerprint density at radius 1 is 1.60 bits per heavy atom. The molecule has 1 aromatic carbocycles. The zero-order valence-electron chi connectivity index (χ0n) is 8.38. The molecule has 0 aliphatic heterocycles. The van der Waals surface area contributed by atoms with E-state index in [-0.39, 0.29) is 18.7 Å². The molecule has 0 saturated carbocycles. The van der Waals surface area contributed by atoms with Crippen LogP contribution < -0.4 is 5.32 Å². The summed E-state index contributed by atoms with van der Waals surface area (Å²) in [5.74, 6) is -0.127. The number of rotatable bonds is 3. The van der Waals surface area contributed by atoms with Crippen molar-refractivity contribution in [3.8, 4) is 6.07 Å². The molecule has 0 spiro atoms. The van der Waals surface area contributed by atoms with Crippen molar-refractivity contribution in [1.82, 2.24) is 0 Å². The van der Waals surface area contributed by atoms with Gasteiger partial charge in [0.15, 0.2) is 0 Å². The van der Waals surface area contributed by atoms with Crippen LogP contribution in [0.15, 0.2) is 22.7 Å². The maximum atomic E-state index is 11.3. The van der Waals surface area contributed by atoms with Gasteiger partial charge in [0.2, 0.25) is 5.91 Å². The summed E-state index contributed by atoms with van der Waals surface area (Å²) >= 11 is 3.38. The Morgan fingerprint density at radius 3 is 2.93 bits per heavy atom. The zero-order chi connectivity index (χ0) is 11.3. The largest absolute Gasteiger partial charge is 0.326 e. The fraction of sp³-hybridized carbons (Fsp3) is 0.273. The first-order chi connectivity index (χ1) is 7.13. The van der Waals surface area contributed by atoms with Crippen molar-refractivity contribution in [2.24, 2.45) is 0 Å². The van der Waals surface area contributed by atoms with E-state index in [1.165, 1.54) is 0 Å². The Kier molecular flexibility index (Phi) is 4.32. The minimum Gasteiger partial charge on any atom is -0.326 e. The van der Waals surface area contributed by atoms with Crippen LogP contribution in [0.25, 0.3) is 0 Å². The molecular weight excluding hydrogens is 256 g/mol. The molecule has 0 aliphatic rings. The number of halogens is 1. The van der Waals surface area contributed by atoms with Crippen LogP contribution in [0.4, 0.5) is 5.69 Å². The highest BCUT2D eigenvalue weighted by Gasteiger charge is 2.02. The quantitative estimate of drug-likeness (QED) is 0.915. The lowest BCUT2D eigenvalue weighted by Gasteiger charge is -2.05. The van der Waals surface area contributed by atoms with Gasteiger partial charge < -0.3 is 5.32 Å². The molecule has 78 valence electrons. The number of nitrogens with zero attached hydrogens (tertiary/aromatic N) is 1. The van der Waals surface area contributed by atoms with Gasteiger partial charge >= 0.3 is 0 Å². The van der Waals surface area contributed by atoms with E-state index in [0.29, 0.717) is 0 Å². The van der Waals surface area contributed by atoms with Gasteiger partial charge in [0.05, 0.1) is 6.07 Å². The van der Waals surface area contributed by atoms with E-state index in [4.69, 9.17) is 5.26 Å². The van der Waals surface area contributed by atoms with Gasteiger partial charge in [-0.25, -0.2) is 0 Å². The minimum atomic E-state index is -0.127. The molecule has 0 heterocycles. The Morgan fingerprint density at radius 2 is 2.33 bits per heavy atom. The Hall–Kier alpha value is -1.34. The second-order valence-corrected chi connectivity index (χ2v) is 4.02. The van der Waals surface area contributed by atoms with Gasteiger partial charge in [0.1, 0.15) is 0 Å². The van der Waals surface area contributed by atoms with Crippen molar-refractivity contribution in [2.45, 2.75) is 19.8 Å². The van der Waals surface area contributed by atoms with Gasteiger partial charge in [-0.05, 0) is 30.7 Å². The number of aryl methyl sites for hydroxylation is 1. The average molecular weight is 267 g/mol. The number of carbonyl (C=O) groups excluding carboxylic acids is 1. The van der Waals surface area contributed by atoms with Gasteiger partial charge in [-0.1, -0.05) is 15.9 Å². The number of benzene rings is 1. The second kappa shape index (κ2) is 5.52. The summed E-state index contributed by atoms with van der Waals surface area (Å²) in [6.07, 6.45) is 0.493. The first-order valence-electron chi connectivity index (χ1n) is 4.56. The summed E-state index contributed by atoms with van der Waals surface area (Å²) in [5.41, 5.74) is 1.83. The summed E-state index contributed by atoms with van der Waals surface area (Å²) in [6.45, 7) is 1.95. The number of hydrogen-bond donors (Lipinski definition) is 1. The van der Waals surface area contributed by atoms with Crippen LogP contribution in [0, 0.1) is 18.3 Å². The molecule has 0 bridgehead atoms. The third-order valence-corrected chi connectivity index (χ3v) is 2.80. The molecule has 0 atom stereocenters. The van der Waals surface area contributed by atoms with E-state index >= 15 is 0 Å². The van der Waals surface area contributed by atoms with E-state index < -0.39 is 0 Å². The smallest absolute Gasteiger partial charge is 0.225 e. The number of nitrogens with one attached hydrogen (secondary N) is 1. The number of carbonyl (C=O) groups is 1. The van der Waals surface area contributed by atoms with Gasteiger partial charge in [0.25, 0.3) is 0 Å². The monoisotopic (exact) mass is 266 g/mol. The summed E-state index contributed by atoms with van der Waals surface area (Å²) < 4.78 is 1.01. The average Bonchev–Trinajstić information content (AvgIpc) is 2.20. The molecule has 4 heteroatoms. The molecule has 0 radical (unpaired) electrons. The van der Waals surface area contributed by atoms with Crippen molar-refractivity contribution >= 4 is 27.5 Å². The fourth-order valence-electron chi connectivity index (χ4n) is 1.12. The number of amides is 1. The van der Waals surface area contributed by atoms with E-state index in [1.807, 2.05) is 31.2 Å². The minimum absolute atomic E-state index is 0.127. The van der Waals surface area contributed by atoms with Crippen molar-refractivity contribution < 1.29 is 4.79 Å². The number of nitriles is 1. The lowest BCUT2D eigenvalue weighted by molar-refractivity contribution is -0.116. The van der Waals surface area contributed by atoms with E-state index in [9.17, 15) is 4.79 Å². The van der Waals surface area contributed by atoms with Crippen molar-refractivity contribution in [3.63, 3.8) is 0 Å². The zero-order valence-corrected chi connectivity index (χ0v) is 9.97. The third-order valence-electron chi connectivity index (χ3n) is 1.91. The first kappa shape index (κ1) is 11.7. The lowest BCUT2D eigenvalue weighted by Crippen LogP contribution is -2.10. The van der Waals surface area contributed by atoms with Crippen molar-refractivity contribution in [1.29, 1.82) is 5.26 Å².